The maximum Gasteiger partial charge on any atom is 0.416 e. The van der Waals surface area contributed by atoms with Crippen molar-refractivity contribution in [1.82, 2.24) is 5.01 Å². The van der Waals surface area contributed by atoms with Gasteiger partial charge >= 0.3 is 6.18 Å². The molecule has 2 aromatic carbocycles. The third-order valence-corrected chi connectivity index (χ3v) is 4.73. The normalized spacial score (nSPS) is 18.6. The Kier molecular flexibility index (Phi) is 5.96. The second kappa shape index (κ2) is 8.30. The largest absolute Gasteiger partial charge is 0.416 e. The molecule has 0 radical (unpaired) electrons. The van der Waals surface area contributed by atoms with Gasteiger partial charge in [-0.3, -0.25) is 9.80 Å². The van der Waals surface area contributed by atoms with Crippen LogP contribution in [0, 0.1) is 0 Å². The van der Waals surface area contributed by atoms with Gasteiger partial charge in [0.15, 0.2) is 0 Å². The van der Waals surface area contributed by atoms with Crippen LogP contribution in [-0.4, -0.2) is 41.3 Å². The fourth-order valence-electron chi connectivity index (χ4n) is 3.08. The van der Waals surface area contributed by atoms with Gasteiger partial charge in [0.1, 0.15) is 12.1 Å². The molecule has 1 aliphatic heterocycles. The predicted octanol–water partition coefficient (Wildman–Crippen LogP) is 4.11. The van der Waals surface area contributed by atoms with E-state index in [1.807, 2.05) is 0 Å². The van der Waals surface area contributed by atoms with E-state index < -0.39 is 23.2 Å². The van der Waals surface area contributed by atoms with Crippen molar-refractivity contribution in [3.05, 3.63) is 64.7 Å². The summed E-state index contributed by atoms with van der Waals surface area (Å²) < 4.78 is 37.9. The highest BCUT2D eigenvalue weighted by Gasteiger charge is 2.40. The van der Waals surface area contributed by atoms with Crippen LogP contribution < -0.4 is 5.32 Å². The van der Waals surface area contributed by atoms with Crippen molar-refractivity contribution < 1.29 is 22.8 Å². The summed E-state index contributed by atoms with van der Waals surface area (Å²) >= 11 is 5.91. The number of amides is 1. The fraction of sp³-hybridized carbons (Fsp3) is 0.250. The van der Waals surface area contributed by atoms with Gasteiger partial charge in [0, 0.05) is 16.3 Å². The van der Waals surface area contributed by atoms with E-state index >= 15 is 0 Å². The number of halogens is 4. The number of carbonyl (C=O) groups is 1. The van der Waals surface area contributed by atoms with Crippen LogP contribution in [-0.2, 0) is 15.8 Å². The number of benzene rings is 2. The number of hydrogen-bond donors (Lipinski definition) is 1. The van der Waals surface area contributed by atoms with Gasteiger partial charge in [-0.15, -0.1) is 0 Å². The summed E-state index contributed by atoms with van der Waals surface area (Å²) in [6.45, 7) is 1.67. The molecule has 0 aliphatic carbocycles. The topological polar surface area (TPSA) is 74.1 Å². The quantitative estimate of drug-likeness (QED) is 0.566. The standard InChI is InChI=1S/C20H16ClF3N4O2/c1-19(25-12-29)11-28(27-18(19)13-2-6-15(21)7-3-13)10-17(30)26-16-8-4-14(5-9-16)20(22,23)24/h2-9H,10-11H2,1H3,(H,26,30). The Balaban J connectivity index is 1.73. The number of anilines is 1. The molecule has 0 aromatic heterocycles. The Morgan fingerprint density at radius 2 is 1.87 bits per heavy atom. The average molecular weight is 437 g/mol. The van der Waals surface area contributed by atoms with Crippen LogP contribution in [0.15, 0.2) is 58.6 Å². The second-order valence-electron chi connectivity index (χ2n) is 6.88. The molecular formula is C20H16ClF3N4O2. The fourth-order valence-corrected chi connectivity index (χ4v) is 3.21. The minimum Gasteiger partial charge on any atom is -0.324 e. The number of nitrogens with one attached hydrogen (secondary N) is 1. The molecule has 1 N–H and O–H groups in total. The SMILES string of the molecule is CC1(N=C=O)CN(CC(=O)Nc2ccc(C(F)(F)F)cc2)N=C1c1ccc(Cl)cc1. The molecule has 0 spiro atoms. The van der Waals surface area contributed by atoms with Crippen molar-refractivity contribution in [2.24, 2.45) is 10.1 Å². The number of hydrazone groups is 1. The van der Waals surface area contributed by atoms with Crippen molar-refractivity contribution in [2.75, 3.05) is 18.4 Å². The molecule has 0 saturated carbocycles. The van der Waals surface area contributed by atoms with Gasteiger partial charge in [-0.1, -0.05) is 23.7 Å². The third-order valence-electron chi connectivity index (χ3n) is 4.47. The van der Waals surface area contributed by atoms with E-state index in [2.05, 4.69) is 15.4 Å². The molecule has 1 amide bonds. The summed E-state index contributed by atoms with van der Waals surface area (Å²) in [5, 5.41) is 8.91. The van der Waals surface area contributed by atoms with Crippen LogP contribution in [0.25, 0.3) is 0 Å². The van der Waals surface area contributed by atoms with E-state index in [-0.39, 0.29) is 18.8 Å². The van der Waals surface area contributed by atoms with Crippen molar-refractivity contribution in [1.29, 1.82) is 0 Å². The van der Waals surface area contributed by atoms with Crippen LogP contribution in [0.2, 0.25) is 5.02 Å². The molecule has 10 heteroatoms. The number of nitrogens with zero attached hydrogens (tertiary/aromatic N) is 3. The van der Waals surface area contributed by atoms with Gasteiger partial charge in [0.05, 0.1) is 17.8 Å². The van der Waals surface area contributed by atoms with Gasteiger partial charge in [-0.2, -0.15) is 23.3 Å². The summed E-state index contributed by atoms with van der Waals surface area (Å²) in [5.41, 5.74) is -0.427. The van der Waals surface area contributed by atoms with Crippen molar-refractivity contribution in [2.45, 2.75) is 18.6 Å². The van der Waals surface area contributed by atoms with Crippen LogP contribution in [0.3, 0.4) is 0 Å². The lowest BCUT2D eigenvalue weighted by atomic mass is 9.92. The van der Waals surface area contributed by atoms with Crippen LogP contribution in [0.1, 0.15) is 18.1 Å². The van der Waals surface area contributed by atoms with Gasteiger partial charge in [0.25, 0.3) is 0 Å². The van der Waals surface area contributed by atoms with E-state index in [0.29, 0.717) is 16.3 Å². The van der Waals surface area contributed by atoms with Crippen molar-refractivity contribution in [3.63, 3.8) is 0 Å². The number of aliphatic imine (C=N–C) groups is 1. The zero-order valence-corrected chi connectivity index (χ0v) is 16.5. The lowest BCUT2D eigenvalue weighted by Gasteiger charge is -2.20. The van der Waals surface area contributed by atoms with Gasteiger partial charge < -0.3 is 5.32 Å². The first-order valence-electron chi connectivity index (χ1n) is 8.77. The number of hydrogen-bond acceptors (Lipinski definition) is 5. The molecule has 0 saturated heterocycles. The maximum atomic E-state index is 12.6. The van der Waals surface area contributed by atoms with Crippen LogP contribution in [0.5, 0.6) is 0 Å². The molecule has 6 nitrogen and oxygen atoms in total. The summed E-state index contributed by atoms with van der Waals surface area (Å²) in [4.78, 5) is 27.1. The van der Waals surface area contributed by atoms with Crippen molar-refractivity contribution >= 4 is 35.0 Å². The van der Waals surface area contributed by atoms with E-state index in [0.717, 1.165) is 12.1 Å². The molecule has 0 fully saturated rings. The Morgan fingerprint density at radius 1 is 1.23 bits per heavy atom. The van der Waals surface area contributed by atoms with Crippen LogP contribution in [0.4, 0.5) is 18.9 Å². The molecule has 1 heterocycles. The summed E-state index contributed by atoms with van der Waals surface area (Å²) in [6.07, 6.45) is -2.91. The molecule has 3 rings (SSSR count). The van der Waals surface area contributed by atoms with Crippen LogP contribution >= 0.6 is 11.6 Å². The van der Waals surface area contributed by atoms with Gasteiger partial charge in [-0.05, 0) is 43.3 Å². The highest BCUT2D eigenvalue weighted by molar-refractivity contribution is 6.30. The van der Waals surface area contributed by atoms with Gasteiger partial charge in [-0.25, -0.2) is 4.79 Å². The molecule has 0 bridgehead atoms. The number of rotatable bonds is 5. The molecule has 156 valence electrons. The monoisotopic (exact) mass is 436 g/mol. The molecule has 30 heavy (non-hydrogen) atoms. The average Bonchev–Trinajstić information content (AvgIpc) is 2.98. The van der Waals surface area contributed by atoms with Crippen molar-refractivity contribution in [3.8, 4) is 0 Å². The minimum absolute atomic E-state index is 0.153. The lowest BCUT2D eigenvalue weighted by molar-refractivity contribution is -0.137. The molecule has 1 aliphatic rings. The number of isocyanates is 1. The lowest BCUT2D eigenvalue weighted by Crippen LogP contribution is -2.38. The number of alkyl halides is 3. The Labute approximate surface area is 175 Å². The van der Waals surface area contributed by atoms with Gasteiger partial charge in [0.2, 0.25) is 12.0 Å². The maximum absolute atomic E-state index is 12.6. The van der Waals surface area contributed by atoms with E-state index in [9.17, 15) is 22.8 Å². The molecule has 1 unspecified atom stereocenters. The van der Waals surface area contributed by atoms with E-state index in [4.69, 9.17) is 11.6 Å². The smallest absolute Gasteiger partial charge is 0.324 e. The zero-order chi connectivity index (χ0) is 21.9. The van der Waals surface area contributed by atoms with E-state index in [1.54, 1.807) is 37.3 Å². The first kappa shape index (κ1) is 21.5. The first-order chi connectivity index (χ1) is 14.1. The predicted molar refractivity (Wildman–Crippen MR) is 106 cm³/mol. The minimum atomic E-state index is -4.45. The Hall–Kier alpha value is -3.16. The Bertz CT molecular complexity index is 1020. The molecular weight excluding hydrogens is 421 g/mol. The zero-order valence-electron chi connectivity index (χ0n) is 15.7. The second-order valence-corrected chi connectivity index (χ2v) is 7.31. The summed E-state index contributed by atoms with van der Waals surface area (Å²) in [5.74, 6) is -0.478. The molecule has 1 atom stereocenters. The molecule has 2 aromatic rings. The van der Waals surface area contributed by atoms with E-state index in [1.165, 1.54) is 17.1 Å². The highest BCUT2D eigenvalue weighted by atomic mass is 35.5. The third kappa shape index (κ3) is 4.87. The first-order valence-corrected chi connectivity index (χ1v) is 9.15. The summed E-state index contributed by atoms with van der Waals surface area (Å²) in [7, 11) is 0. The highest BCUT2D eigenvalue weighted by Crippen LogP contribution is 2.30. The number of carbonyl (C=O) groups excluding carboxylic acids is 2. The summed E-state index contributed by atoms with van der Waals surface area (Å²) in [6, 6.07) is 10.9. The Morgan fingerprint density at radius 3 is 2.43 bits per heavy atom.